The molecular formula is C20H28O4. The number of carbonyl (C=O) groups is 1. The topological polar surface area (TPSA) is 44.8 Å². The third-order valence-electron chi connectivity index (χ3n) is 7.14. The second-order valence-corrected chi connectivity index (χ2v) is 9.22. The lowest BCUT2D eigenvalue weighted by Crippen LogP contribution is -2.57. The molecule has 0 N–H and O–H groups in total. The highest BCUT2D eigenvalue weighted by molar-refractivity contribution is 5.86. The third-order valence-corrected chi connectivity index (χ3v) is 7.14. The molecule has 0 saturated heterocycles. The molecule has 4 rings (SSSR count). The lowest BCUT2D eigenvalue weighted by Gasteiger charge is -2.60. The van der Waals surface area contributed by atoms with E-state index in [1.54, 1.807) is 0 Å². The molecule has 2 aliphatic carbocycles. The van der Waals surface area contributed by atoms with Crippen LogP contribution in [0.2, 0.25) is 0 Å². The molecule has 132 valence electrons. The minimum Gasteiger partial charge on any atom is -0.419 e. The fourth-order valence-corrected chi connectivity index (χ4v) is 5.85. The number of esters is 1. The number of rotatable bonds is 0. The second kappa shape index (κ2) is 4.73. The van der Waals surface area contributed by atoms with Gasteiger partial charge in [-0.3, -0.25) is 0 Å². The predicted molar refractivity (Wildman–Crippen MR) is 89.7 cm³/mol. The molecule has 0 amide bonds. The summed E-state index contributed by atoms with van der Waals surface area (Å²) in [6.07, 6.45) is 9.27. The summed E-state index contributed by atoms with van der Waals surface area (Å²) in [5.74, 6) is -0.922. The smallest absolute Gasteiger partial charge is 0.334 e. The highest BCUT2D eigenvalue weighted by atomic mass is 17.2. The van der Waals surface area contributed by atoms with Crippen molar-refractivity contribution in [3.05, 3.63) is 23.3 Å². The van der Waals surface area contributed by atoms with Gasteiger partial charge in [0, 0.05) is 11.6 Å². The van der Waals surface area contributed by atoms with Crippen LogP contribution in [0.25, 0.3) is 0 Å². The van der Waals surface area contributed by atoms with Crippen molar-refractivity contribution in [3.63, 3.8) is 0 Å². The molecular weight excluding hydrogens is 304 g/mol. The Morgan fingerprint density at radius 3 is 2.50 bits per heavy atom. The summed E-state index contributed by atoms with van der Waals surface area (Å²) in [6, 6.07) is 0. The van der Waals surface area contributed by atoms with Gasteiger partial charge >= 0.3 is 5.97 Å². The fourth-order valence-electron chi connectivity index (χ4n) is 5.85. The monoisotopic (exact) mass is 332 g/mol. The Bertz CT molecular complexity index is 661. The first kappa shape index (κ1) is 16.3. The van der Waals surface area contributed by atoms with Crippen LogP contribution in [0.5, 0.6) is 0 Å². The molecule has 2 fully saturated rings. The van der Waals surface area contributed by atoms with E-state index in [-0.39, 0.29) is 11.4 Å². The van der Waals surface area contributed by atoms with Gasteiger partial charge in [-0.15, -0.1) is 0 Å². The van der Waals surface area contributed by atoms with Gasteiger partial charge in [-0.05, 0) is 67.9 Å². The van der Waals surface area contributed by atoms with Crippen molar-refractivity contribution in [2.75, 3.05) is 0 Å². The van der Waals surface area contributed by atoms with Gasteiger partial charge in [0.15, 0.2) is 0 Å². The van der Waals surface area contributed by atoms with E-state index in [0.29, 0.717) is 11.3 Å². The van der Waals surface area contributed by atoms with E-state index in [0.717, 1.165) is 24.8 Å². The standard InChI is InChI=1S/C20H28O4/c1-13-11-16(21)22-20(13)12-15-18(4)9-6-8-17(2,3)14(18)7-10-19(15,5)23-24-20/h11-12,14H,6-10H2,1-5H3/t14-,18-,19-,20?/m1/s1. The Balaban J connectivity index is 1.84. The zero-order chi connectivity index (χ0) is 17.4. The first-order valence-corrected chi connectivity index (χ1v) is 9.14. The highest BCUT2D eigenvalue weighted by Crippen LogP contribution is 2.64. The Hall–Kier alpha value is -1.13. The van der Waals surface area contributed by atoms with Crippen LogP contribution in [0.1, 0.15) is 66.7 Å². The van der Waals surface area contributed by atoms with Gasteiger partial charge in [-0.2, -0.15) is 4.89 Å². The summed E-state index contributed by atoms with van der Waals surface area (Å²) >= 11 is 0. The molecule has 0 aromatic carbocycles. The van der Waals surface area contributed by atoms with Gasteiger partial charge in [0.25, 0.3) is 5.79 Å². The summed E-state index contributed by atoms with van der Waals surface area (Å²) in [7, 11) is 0. The average molecular weight is 332 g/mol. The van der Waals surface area contributed by atoms with Crippen LogP contribution in [0.4, 0.5) is 0 Å². The SMILES string of the molecule is CC1=CC(=O)OC12C=C1[C@@](C)(CC[C@@H]3C(C)(C)CCC[C@@]13C)OO2. The molecule has 4 atom stereocenters. The van der Waals surface area contributed by atoms with Gasteiger partial charge in [0.1, 0.15) is 5.60 Å². The maximum atomic E-state index is 11.8. The molecule has 0 radical (unpaired) electrons. The number of carbonyl (C=O) groups excluding carboxylic acids is 1. The molecule has 4 nitrogen and oxygen atoms in total. The van der Waals surface area contributed by atoms with E-state index < -0.39 is 11.4 Å². The normalized spacial score (nSPS) is 46.7. The minimum atomic E-state index is -1.17. The Kier molecular flexibility index (Phi) is 3.22. The van der Waals surface area contributed by atoms with Crippen LogP contribution in [-0.2, 0) is 19.3 Å². The molecule has 2 saturated carbocycles. The zero-order valence-electron chi connectivity index (χ0n) is 15.4. The van der Waals surface area contributed by atoms with E-state index in [1.807, 2.05) is 6.92 Å². The number of ether oxygens (including phenoxy) is 1. The Labute approximate surface area is 144 Å². The van der Waals surface area contributed by atoms with Crippen LogP contribution >= 0.6 is 0 Å². The van der Waals surface area contributed by atoms with Crippen molar-refractivity contribution < 1.29 is 19.3 Å². The molecule has 24 heavy (non-hydrogen) atoms. The largest absolute Gasteiger partial charge is 0.419 e. The van der Waals surface area contributed by atoms with Gasteiger partial charge < -0.3 is 4.74 Å². The summed E-state index contributed by atoms with van der Waals surface area (Å²) in [4.78, 5) is 23.4. The van der Waals surface area contributed by atoms with Crippen LogP contribution in [0, 0.1) is 16.7 Å². The maximum Gasteiger partial charge on any atom is 0.334 e. The van der Waals surface area contributed by atoms with Gasteiger partial charge in [0.05, 0.1) is 0 Å². The molecule has 2 heterocycles. The average Bonchev–Trinajstić information content (AvgIpc) is 2.74. The van der Waals surface area contributed by atoms with Gasteiger partial charge in [-0.25, -0.2) is 9.68 Å². The minimum absolute atomic E-state index is 0.0564. The molecule has 4 heteroatoms. The van der Waals surface area contributed by atoms with Gasteiger partial charge in [0.2, 0.25) is 0 Å². The fraction of sp³-hybridized carbons (Fsp3) is 0.750. The van der Waals surface area contributed by atoms with Crippen molar-refractivity contribution >= 4 is 5.97 Å². The van der Waals surface area contributed by atoms with E-state index in [2.05, 4.69) is 33.8 Å². The van der Waals surface area contributed by atoms with Crippen molar-refractivity contribution in [1.29, 1.82) is 0 Å². The molecule has 1 unspecified atom stereocenters. The van der Waals surface area contributed by atoms with Crippen molar-refractivity contribution in [1.82, 2.24) is 0 Å². The molecule has 4 aliphatic rings. The van der Waals surface area contributed by atoms with Crippen LogP contribution in [0.15, 0.2) is 23.3 Å². The molecule has 0 aromatic rings. The van der Waals surface area contributed by atoms with Crippen LogP contribution in [-0.4, -0.2) is 17.4 Å². The first-order valence-electron chi connectivity index (χ1n) is 9.14. The zero-order valence-corrected chi connectivity index (χ0v) is 15.4. The summed E-state index contributed by atoms with van der Waals surface area (Å²) < 4.78 is 5.52. The predicted octanol–water partition coefficient (Wildman–Crippen LogP) is 4.46. The van der Waals surface area contributed by atoms with Crippen molar-refractivity contribution in [3.8, 4) is 0 Å². The van der Waals surface area contributed by atoms with Crippen molar-refractivity contribution in [2.24, 2.45) is 16.7 Å². The van der Waals surface area contributed by atoms with Crippen LogP contribution in [0.3, 0.4) is 0 Å². The lowest BCUT2D eigenvalue weighted by molar-refractivity contribution is -0.438. The Morgan fingerprint density at radius 1 is 1.08 bits per heavy atom. The maximum absolute atomic E-state index is 11.8. The lowest BCUT2D eigenvalue weighted by atomic mass is 9.47. The van der Waals surface area contributed by atoms with E-state index in [4.69, 9.17) is 14.5 Å². The first-order chi connectivity index (χ1) is 11.1. The van der Waals surface area contributed by atoms with E-state index >= 15 is 0 Å². The van der Waals surface area contributed by atoms with E-state index in [9.17, 15) is 4.79 Å². The third kappa shape index (κ3) is 2.02. The van der Waals surface area contributed by atoms with Gasteiger partial charge in [-0.1, -0.05) is 27.2 Å². The molecule has 2 aliphatic heterocycles. The molecule has 1 spiro atoms. The second-order valence-electron chi connectivity index (χ2n) is 9.22. The highest BCUT2D eigenvalue weighted by Gasteiger charge is 2.60. The number of fused-ring (bicyclic) bond motifs is 3. The number of hydrogen-bond donors (Lipinski definition) is 0. The molecule has 0 aromatic heterocycles. The van der Waals surface area contributed by atoms with E-state index in [1.165, 1.54) is 24.5 Å². The summed E-state index contributed by atoms with van der Waals surface area (Å²) in [5.41, 5.74) is 1.95. The molecule has 0 bridgehead atoms. The quantitative estimate of drug-likeness (QED) is 0.373. The summed E-state index contributed by atoms with van der Waals surface area (Å²) in [6.45, 7) is 11.1. The number of hydrogen-bond acceptors (Lipinski definition) is 4. The summed E-state index contributed by atoms with van der Waals surface area (Å²) in [5, 5.41) is 0. The van der Waals surface area contributed by atoms with Crippen molar-refractivity contribution in [2.45, 2.75) is 78.1 Å². The van der Waals surface area contributed by atoms with Crippen LogP contribution < -0.4 is 0 Å². The Morgan fingerprint density at radius 2 is 1.83 bits per heavy atom.